The Labute approximate surface area is 154 Å². The fourth-order valence-electron chi connectivity index (χ4n) is 3.46. The molecule has 2 aromatic carbocycles. The number of hydrogen-bond acceptors (Lipinski definition) is 3. The highest BCUT2D eigenvalue weighted by Gasteiger charge is 2.28. The highest BCUT2D eigenvalue weighted by Crippen LogP contribution is 2.33. The molecule has 0 bridgehead atoms. The Morgan fingerprint density at radius 3 is 2.44 bits per heavy atom. The molecule has 0 radical (unpaired) electrons. The van der Waals surface area contributed by atoms with Gasteiger partial charge in [-0.2, -0.15) is 4.31 Å². The Balaban J connectivity index is 1.88. The monoisotopic (exact) mass is 390 g/mol. The summed E-state index contributed by atoms with van der Waals surface area (Å²) in [4.78, 5) is 14.7. The van der Waals surface area contributed by atoms with Gasteiger partial charge >= 0.3 is 0 Å². The Kier molecular flexibility index (Phi) is 4.32. The average Bonchev–Trinajstić information content (AvgIpc) is 3.29. The van der Waals surface area contributed by atoms with Crippen LogP contribution < -0.4 is 0 Å². The summed E-state index contributed by atoms with van der Waals surface area (Å²) in [6, 6.07) is 7.51. The molecule has 1 aromatic heterocycles. The van der Waals surface area contributed by atoms with Crippen LogP contribution in [0.25, 0.3) is 22.2 Å². The number of hydrogen-bond donors (Lipinski definition) is 1. The van der Waals surface area contributed by atoms with Crippen LogP contribution in [-0.4, -0.2) is 37.1 Å². The van der Waals surface area contributed by atoms with Crippen LogP contribution in [0.1, 0.15) is 23.2 Å². The van der Waals surface area contributed by atoms with Gasteiger partial charge in [0.2, 0.25) is 10.0 Å². The minimum absolute atomic E-state index is 0.0404. The second-order valence-corrected chi connectivity index (χ2v) is 8.41. The topological polar surface area (TPSA) is 70.2 Å². The van der Waals surface area contributed by atoms with Gasteiger partial charge in [-0.25, -0.2) is 17.2 Å². The van der Waals surface area contributed by atoms with Crippen molar-refractivity contribution in [3.8, 4) is 11.3 Å². The van der Waals surface area contributed by atoms with Crippen molar-refractivity contribution in [2.45, 2.75) is 17.7 Å². The third-order valence-electron chi connectivity index (χ3n) is 4.83. The zero-order chi connectivity index (χ0) is 19.2. The van der Waals surface area contributed by atoms with E-state index < -0.39 is 21.7 Å². The van der Waals surface area contributed by atoms with E-state index in [9.17, 15) is 22.0 Å². The largest absolute Gasteiger partial charge is 0.354 e. The molecule has 5 nitrogen and oxygen atoms in total. The fourth-order valence-corrected chi connectivity index (χ4v) is 5.00. The predicted octanol–water partition coefficient (Wildman–Crippen LogP) is 3.71. The number of nitrogens with zero attached hydrogens (tertiary/aromatic N) is 1. The number of carbonyl (C=O) groups excluding carboxylic acids is 1. The van der Waals surface area contributed by atoms with E-state index in [1.165, 1.54) is 22.5 Å². The number of fused-ring (bicyclic) bond motifs is 1. The smallest absolute Gasteiger partial charge is 0.243 e. The SMILES string of the molecule is O=Cc1c(-c2ccc(F)cc2F)[nH]c2ccc(S(=O)(=O)N3CCCC3)cc12. The summed E-state index contributed by atoms with van der Waals surface area (Å²) in [7, 11) is -3.64. The lowest BCUT2D eigenvalue weighted by molar-refractivity contribution is 0.112. The van der Waals surface area contributed by atoms with Gasteiger partial charge in [0.25, 0.3) is 0 Å². The van der Waals surface area contributed by atoms with Gasteiger partial charge in [0.15, 0.2) is 6.29 Å². The predicted molar refractivity (Wildman–Crippen MR) is 97.0 cm³/mol. The van der Waals surface area contributed by atoms with E-state index in [0.717, 1.165) is 25.0 Å². The van der Waals surface area contributed by atoms with E-state index in [2.05, 4.69) is 4.98 Å². The van der Waals surface area contributed by atoms with Gasteiger partial charge in [-0.15, -0.1) is 0 Å². The molecule has 0 aliphatic carbocycles. The van der Waals surface area contributed by atoms with E-state index in [1.54, 1.807) is 6.07 Å². The van der Waals surface area contributed by atoms with E-state index in [-0.39, 0.29) is 21.7 Å². The molecule has 4 rings (SSSR count). The second kappa shape index (κ2) is 6.54. The van der Waals surface area contributed by atoms with Crippen LogP contribution in [-0.2, 0) is 10.0 Å². The maximum atomic E-state index is 14.2. The molecule has 1 aliphatic rings. The normalized spacial score (nSPS) is 15.5. The highest BCUT2D eigenvalue weighted by molar-refractivity contribution is 7.89. The van der Waals surface area contributed by atoms with Crippen LogP contribution in [0, 0.1) is 11.6 Å². The van der Waals surface area contributed by atoms with Crippen molar-refractivity contribution in [2.75, 3.05) is 13.1 Å². The molecule has 0 amide bonds. The zero-order valence-electron chi connectivity index (χ0n) is 14.2. The minimum Gasteiger partial charge on any atom is -0.354 e. The van der Waals surface area contributed by atoms with E-state index in [1.807, 2.05) is 0 Å². The molecular weight excluding hydrogens is 374 g/mol. The lowest BCUT2D eigenvalue weighted by Crippen LogP contribution is -2.27. The van der Waals surface area contributed by atoms with Gasteiger partial charge in [-0.3, -0.25) is 4.79 Å². The lowest BCUT2D eigenvalue weighted by atomic mass is 10.1. The first-order valence-electron chi connectivity index (χ1n) is 8.48. The minimum atomic E-state index is -3.64. The number of benzene rings is 2. The summed E-state index contributed by atoms with van der Waals surface area (Å²) >= 11 is 0. The van der Waals surface area contributed by atoms with Crippen molar-refractivity contribution in [3.05, 3.63) is 53.6 Å². The van der Waals surface area contributed by atoms with Crippen molar-refractivity contribution in [2.24, 2.45) is 0 Å². The molecule has 0 unspecified atom stereocenters. The number of aromatic nitrogens is 1. The summed E-state index contributed by atoms with van der Waals surface area (Å²) < 4.78 is 54.3. The standard InChI is InChI=1S/C19H16F2N2O3S/c20-12-3-5-14(17(21)9-12)19-16(11-24)15-10-13(4-6-18(15)22-19)27(25,26)23-7-1-2-8-23/h3-6,9-11,22H,1-2,7-8H2. The first kappa shape index (κ1) is 17.8. The molecule has 0 saturated carbocycles. The molecular formula is C19H16F2N2O3S. The van der Waals surface area contributed by atoms with E-state index >= 15 is 0 Å². The molecule has 140 valence electrons. The number of carbonyl (C=O) groups is 1. The van der Waals surface area contributed by atoms with Crippen molar-refractivity contribution in [1.82, 2.24) is 9.29 Å². The molecule has 8 heteroatoms. The van der Waals surface area contributed by atoms with Gasteiger partial charge in [-0.1, -0.05) is 0 Å². The Bertz CT molecular complexity index is 1150. The maximum absolute atomic E-state index is 14.2. The summed E-state index contributed by atoms with van der Waals surface area (Å²) in [5.74, 6) is -1.53. The summed E-state index contributed by atoms with van der Waals surface area (Å²) in [5.41, 5.74) is 0.858. The van der Waals surface area contributed by atoms with E-state index in [0.29, 0.717) is 30.3 Å². The van der Waals surface area contributed by atoms with Crippen molar-refractivity contribution in [1.29, 1.82) is 0 Å². The van der Waals surface area contributed by atoms with Crippen LogP contribution in [0.3, 0.4) is 0 Å². The fraction of sp³-hybridized carbons (Fsp3) is 0.211. The van der Waals surface area contributed by atoms with Crippen LogP contribution in [0.4, 0.5) is 8.78 Å². The van der Waals surface area contributed by atoms with Crippen LogP contribution in [0.2, 0.25) is 0 Å². The van der Waals surface area contributed by atoms with Crippen LogP contribution >= 0.6 is 0 Å². The quantitative estimate of drug-likeness (QED) is 0.691. The molecule has 0 atom stereocenters. The first-order chi connectivity index (χ1) is 12.9. The van der Waals surface area contributed by atoms with Gasteiger partial charge in [0.05, 0.1) is 10.6 Å². The Morgan fingerprint density at radius 1 is 1.04 bits per heavy atom. The van der Waals surface area contributed by atoms with E-state index in [4.69, 9.17) is 0 Å². The molecule has 1 N–H and O–H groups in total. The number of rotatable bonds is 4. The third kappa shape index (κ3) is 2.94. The van der Waals surface area contributed by atoms with Crippen molar-refractivity contribution in [3.63, 3.8) is 0 Å². The Morgan fingerprint density at radius 2 is 1.78 bits per heavy atom. The highest BCUT2D eigenvalue weighted by atomic mass is 32.2. The van der Waals surface area contributed by atoms with Gasteiger partial charge in [0.1, 0.15) is 11.6 Å². The number of H-pyrrole nitrogens is 1. The molecule has 2 heterocycles. The average molecular weight is 390 g/mol. The number of aldehydes is 1. The van der Waals surface area contributed by atoms with Crippen molar-refractivity contribution >= 4 is 27.2 Å². The van der Waals surface area contributed by atoms with Gasteiger partial charge < -0.3 is 4.98 Å². The molecule has 0 spiro atoms. The van der Waals surface area contributed by atoms with Gasteiger partial charge in [0, 0.05) is 41.2 Å². The maximum Gasteiger partial charge on any atom is 0.243 e. The molecule has 1 fully saturated rings. The van der Waals surface area contributed by atoms with Gasteiger partial charge in [-0.05, 0) is 43.2 Å². The zero-order valence-corrected chi connectivity index (χ0v) is 15.0. The molecule has 1 saturated heterocycles. The molecule has 1 aliphatic heterocycles. The summed E-state index contributed by atoms with van der Waals surface area (Å²) in [5, 5.41) is 0.379. The summed E-state index contributed by atoms with van der Waals surface area (Å²) in [6.07, 6.45) is 2.18. The van der Waals surface area contributed by atoms with Crippen molar-refractivity contribution < 1.29 is 22.0 Å². The molecule has 27 heavy (non-hydrogen) atoms. The lowest BCUT2D eigenvalue weighted by Gasteiger charge is -2.15. The number of nitrogens with one attached hydrogen (secondary N) is 1. The van der Waals surface area contributed by atoms with Crippen LogP contribution in [0.15, 0.2) is 41.3 Å². The number of aromatic amines is 1. The second-order valence-electron chi connectivity index (χ2n) is 6.47. The number of halogens is 2. The third-order valence-corrected chi connectivity index (χ3v) is 6.73. The van der Waals surface area contributed by atoms with Crippen LogP contribution in [0.5, 0.6) is 0 Å². The Hall–Kier alpha value is -2.58. The first-order valence-corrected chi connectivity index (χ1v) is 9.92. The summed E-state index contributed by atoms with van der Waals surface area (Å²) in [6.45, 7) is 0.945. The number of sulfonamides is 1. The molecule has 3 aromatic rings.